The summed E-state index contributed by atoms with van der Waals surface area (Å²) in [5.74, 6) is 0. The molecule has 0 heterocycles. The number of aliphatic hydroxyl groups excluding tert-OH is 1. The van der Waals surface area contributed by atoms with E-state index in [1.807, 2.05) is 13.8 Å². The van der Waals surface area contributed by atoms with Gasteiger partial charge in [-0.15, -0.1) is 0 Å². The van der Waals surface area contributed by atoms with E-state index in [4.69, 9.17) is 4.74 Å². The summed E-state index contributed by atoms with van der Waals surface area (Å²) in [4.78, 5) is 11.6. The zero-order chi connectivity index (χ0) is 12.9. The highest BCUT2D eigenvalue weighted by atomic mass is 16.5. The molecule has 5 heteroatoms. The Hall–Kier alpha value is -0.810. The van der Waals surface area contributed by atoms with Crippen molar-refractivity contribution < 1.29 is 14.6 Å². The van der Waals surface area contributed by atoms with Crippen molar-refractivity contribution in [2.75, 3.05) is 13.7 Å². The van der Waals surface area contributed by atoms with Crippen LogP contribution < -0.4 is 10.6 Å². The fourth-order valence-electron chi connectivity index (χ4n) is 1.86. The first-order valence-electron chi connectivity index (χ1n) is 6.22. The highest BCUT2D eigenvalue weighted by Gasteiger charge is 2.25. The van der Waals surface area contributed by atoms with E-state index in [0.29, 0.717) is 6.54 Å². The Morgan fingerprint density at radius 1 is 1.41 bits per heavy atom. The SMILES string of the molecule is COC(C)(C)CNC(=O)NC1CCCCC1O. The molecule has 0 spiro atoms. The lowest BCUT2D eigenvalue weighted by Gasteiger charge is -2.29. The maximum absolute atomic E-state index is 11.6. The topological polar surface area (TPSA) is 70.6 Å². The molecular weight excluding hydrogens is 220 g/mol. The van der Waals surface area contributed by atoms with Crippen molar-refractivity contribution in [2.45, 2.75) is 57.3 Å². The van der Waals surface area contributed by atoms with Gasteiger partial charge in [-0.1, -0.05) is 12.8 Å². The number of hydrogen-bond acceptors (Lipinski definition) is 3. The second-order valence-electron chi connectivity index (χ2n) is 5.25. The van der Waals surface area contributed by atoms with Gasteiger partial charge in [-0.2, -0.15) is 0 Å². The number of urea groups is 1. The summed E-state index contributed by atoms with van der Waals surface area (Å²) in [6.45, 7) is 4.25. The van der Waals surface area contributed by atoms with Gasteiger partial charge in [-0.05, 0) is 26.7 Å². The molecule has 17 heavy (non-hydrogen) atoms. The smallest absolute Gasteiger partial charge is 0.315 e. The third kappa shape index (κ3) is 4.91. The standard InChI is InChI=1S/C12H24N2O3/c1-12(2,17-3)8-13-11(16)14-9-6-4-5-7-10(9)15/h9-10,15H,4-8H2,1-3H3,(H2,13,14,16). The van der Waals surface area contributed by atoms with Gasteiger partial charge in [0.25, 0.3) is 0 Å². The lowest BCUT2D eigenvalue weighted by atomic mass is 9.93. The van der Waals surface area contributed by atoms with Gasteiger partial charge in [0.2, 0.25) is 0 Å². The van der Waals surface area contributed by atoms with Gasteiger partial charge in [-0.3, -0.25) is 0 Å². The molecule has 1 saturated carbocycles. The summed E-state index contributed by atoms with van der Waals surface area (Å²) in [6.07, 6.45) is 3.31. The van der Waals surface area contributed by atoms with Crippen LogP contribution in [0.5, 0.6) is 0 Å². The zero-order valence-corrected chi connectivity index (χ0v) is 11.0. The molecule has 0 aliphatic heterocycles. The number of methoxy groups -OCH3 is 1. The molecule has 2 unspecified atom stereocenters. The molecule has 1 rings (SSSR count). The van der Waals surface area contributed by atoms with E-state index in [2.05, 4.69) is 10.6 Å². The van der Waals surface area contributed by atoms with Crippen molar-refractivity contribution in [1.82, 2.24) is 10.6 Å². The minimum absolute atomic E-state index is 0.116. The minimum Gasteiger partial charge on any atom is -0.391 e. The molecule has 0 aromatic rings. The molecule has 1 aliphatic carbocycles. The van der Waals surface area contributed by atoms with Crippen LogP contribution in [0.1, 0.15) is 39.5 Å². The fourth-order valence-corrected chi connectivity index (χ4v) is 1.86. The molecule has 0 aromatic heterocycles. The molecule has 1 fully saturated rings. The number of carbonyl (C=O) groups is 1. The minimum atomic E-state index is -0.412. The number of rotatable bonds is 4. The number of nitrogens with one attached hydrogen (secondary N) is 2. The molecule has 0 bridgehead atoms. The Morgan fingerprint density at radius 2 is 2.06 bits per heavy atom. The first-order chi connectivity index (χ1) is 7.94. The normalized spacial score (nSPS) is 25.4. The van der Waals surface area contributed by atoms with Crippen molar-refractivity contribution >= 4 is 6.03 Å². The highest BCUT2D eigenvalue weighted by Crippen LogP contribution is 2.18. The third-order valence-corrected chi connectivity index (χ3v) is 3.27. The van der Waals surface area contributed by atoms with Crippen LogP contribution in [0.4, 0.5) is 4.79 Å². The van der Waals surface area contributed by atoms with E-state index in [1.54, 1.807) is 7.11 Å². The summed E-state index contributed by atoms with van der Waals surface area (Å²) in [6, 6.07) is -0.351. The Labute approximate surface area is 103 Å². The molecule has 1 aliphatic rings. The van der Waals surface area contributed by atoms with Gasteiger partial charge in [-0.25, -0.2) is 4.79 Å². The van der Waals surface area contributed by atoms with Crippen molar-refractivity contribution in [2.24, 2.45) is 0 Å². The predicted octanol–water partition coefficient (Wildman–Crippen LogP) is 1.01. The molecular formula is C12H24N2O3. The van der Waals surface area contributed by atoms with Gasteiger partial charge in [0.1, 0.15) is 0 Å². The average molecular weight is 244 g/mol. The number of ether oxygens (including phenoxy) is 1. The average Bonchev–Trinajstić information content (AvgIpc) is 2.30. The first-order valence-corrected chi connectivity index (χ1v) is 6.22. The molecule has 2 atom stereocenters. The summed E-state index contributed by atoms with van der Waals surface area (Å²) in [5.41, 5.74) is -0.372. The fraction of sp³-hybridized carbons (Fsp3) is 0.917. The van der Waals surface area contributed by atoms with Crippen LogP contribution in [0.25, 0.3) is 0 Å². The first kappa shape index (κ1) is 14.3. The van der Waals surface area contributed by atoms with Crippen LogP contribution in [0.15, 0.2) is 0 Å². The van der Waals surface area contributed by atoms with Crippen molar-refractivity contribution in [3.05, 3.63) is 0 Å². The predicted molar refractivity (Wildman–Crippen MR) is 65.9 cm³/mol. The molecule has 3 N–H and O–H groups in total. The maximum atomic E-state index is 11.6. The third-order valence-electron chi connectivity index (χ3n) is 3.27. The van der Waals surface area contributed by atoms with Crippen molar-refractivity contribution in [3.8, 4) is 0 Å². The van der Waals surface area contributed by atoms with E-state index < -0.39 is 6.10 Å². The van der Waals surface area contributed by atoms with Gasteiger partial charge in [0.15, 0.2) is 0 Å². The van der Waals surface area contributed by atoms with Crippen LogP contribution in [-0.2, 0) is 4.74 Å². The van der Waals surface area contributed by atoms with E-state index >= 15 is 0 Å². The number of carbonyl (C=O) groups excluding carboxylic acids is 1. The summed E-state index contributed by atoms with van der Waals surface area (Å²) in [7, 11) is 1.62. The molecule has 0 saturated heterocycles. The Kier molecular flexibility index (Phi) is 5.21. The van der Waals surface area contributed by atoms with Crippen LogP contribution >= 0.6 is 0 Å². The molecule has 100 valence electrons. The Morgan fingerprint density at radius 3 is 2.65 bits per heavy atom. The molecule has 0 aromatic carbocycles. The summed E-state index contributed by atoms with van der Waals surface area (Å²) in [5, 5.41) is 15.3. The number of amides is 2. The molecule has 2 amide bonds. The van der Waals surface area contributed by atoms with Crippen LogP contribution in [0.3, 0.4) is 0 Å². The van der Waals surface area contributed by atoms with Crippen molar-refractivity contribution in [1.29, 1.82) is 0 Å². The van der Waals surface area contributed by atoms with Crippen LogP contribution in [-0.4, -0.2) is 42.5 Å². The van der Waals surface area contributed by atoms with Gasteiger partial charge in [0.05, 0.1) is 17.7 Å². The lowest BCUT2D eigenvalue weighted by molar-refractivity contribution is 0.0249. The van der Waals surface area contributed by atoms with Gasteiger partial charge < -0.3 is 20.5 Å². The van der Waals surface area contributed by atoms with Crippen LogP contribution in [0, 0.1) is 0 Å². The largest absolute Gasteiger partial charge is 0.391 e. The van der Waals surface area contributed by atoms with Gasteiger partial charge >= 0.3 is 6.03 Å². The van der Waals surface area contributed by atoms with Crippen molar-refractivity contribution in [3.63, 3.8) is 0 Å². The quantitative estimate of drug-likeness (QED) is 0.691. The van der Waals surface area contributed by atoms with E-state index in [-0.39, 0.29) is 17.7 Å². The Bertz CT molecular complexity index is 256. The summed E-state index contributed by atoms with van der Waals surface area (Å²) >= 11 is 0. The number of aliphatic hydroxyl groups is 1. The molecule has 5 nitrogen and oxygen atoms in total. The zero-order valence-electron chi connectivity index (χ0n) is 11.0. The Balaban J connectivity index is 2.29. The molecule has 0 radical (unpaired) electrons. The lowest BCUT2D eigenvalue weighted by Crippen LogP contribution is -2.51. The summed E-state index contributed by atoms with van der Waals surface area (Å²) < 4.78 is 5.21. The monoisotopic (exact) mass is 244 g/mol. The van der Waals surface area contributed by atoms with E-state index in [9.17, 15) is 9.90 Å². The van der Waals surface area contributed by atoms with Gasteiger partial charge in [0, 0.05) is 13.7 Å². The second-order valence-corrected chi connectivity index (χ2v) is 5.25. The van der Waals surface area contributed by atoms with E-state index in [0.717, 1.165) is 25.7 Å². The second kappa shape index (κ2) is 6.21. The maximum Gasteiger partial charge on any atom is 0.315 e. The highest BCUT2D eigenvalue weighted by molar-refractivity contribution is 5.74. The van der Waals surface area contributed by atoms with E-state index in [1.165, 1.54) is 0 Å². The van der Waals surface area contributed by atoms with Crippen LogP contribution in [0.2, 0.25) is 0 Å². The number of hydrogen-bond donors (Lipinski definition) is 3.